The van der Waals surface area contributed by atoms with Gasteiger partial charge in [0, 0.05) is 22.7 Å². The molecule has 2 fully saturated rings. The number of nitrogens with one attached hydrogen (secondary N) is 1. The summed E-state index contributed by atoms with van der Waals surface area (Å²) in [5.41, 5.74) is 0.857. The van der Waals surface area contributed by atoms with Crippen LogP contribution in [0.25, 0.3) is 0 Å². The van der Waals surface area contributed by atoms with Crippen LogP contribution in [0.4, 0.5) is 11.6 Å². The van der Waals surface area contributed by atoms with Gasteiger partial charge in [0.2, 0.25) is 11.9 Å². The Balaban J connectivity index is 1.42. The molecule has 8 heteroatoms. The zero-order chi connectivity index (χ0) is 18.8. The average Bonchev–Trinajstić information content (AvgIpc) is 3.42. The summed E-state index contributed by atoms with van der Waals surface area (Å²) in [6.07, 6.45) is 4.77. The number of halogens is 1. The maximum atomic E-state index is 12.4. The monoisotopic (exact) mass is 497 g/mol. The average molecular weight is 497 g/mol. The van der Waals surface area contributed by atoms with Gasteiger partial charge in [-0.15, -0.1) is 10.2 Å². The summed E-state index contributed by atoms with van der Waals surface area (Å²) < 4.78 is 3.30. The van der Waals surface area contributed by atoms with Crippen LogP contribution in [0.1, 0.15) is 38.6 Å². The molecule has 1 saturated carbocycles. The predicted octanol–water partition coefficient (Wildman–Crippen LogP) is 4.18. The lowest BCUT2D eigenvalue weighted by Crippen LogP contribution is -2.34. The van der Waals surface area contributed by atoms with Gasteiger partial charge >= 0.3 is 0 Å². The van der Waals surface area contributed by atoms with Crippen LogP contribution in [0.3, 0.4) is 0 Å². The van der Waals surface area contributed by atoms with Gasteiger partial charge in [-0.2, -0.15) is 0 Å². The van der Waals surface area contributed by atoms with Crippen molar-refractivity contribution in [2.75, 3.05) is 29.1 Å². The van der Waals surface area contributed by atoms with Crippen LogP contribution in [-0.2, 0) is 4.79 Å². The first kappa shape index (κ1) is 19.0. The molecule has 1 aliphatic carbocycles. The third-order valence-corrected chi connectivity index (χ3v) is 6.99. The molecule has 2 aliphatic rings. The molecule has 1 saturated heterocycles. The molecule has 27 heavy (non-hydrogen) atoms. The Morgan fingerprint density at radius 3 is 2.67 bits per heavy atom. The number of amides is 1. The molecule has 144 valence electrons. The van der Waals surface area contributed by atoms with Crippen LogP contribution < -0.4 is 10.2 Å². The molecule has 0 unspecified atom stereocenters. The second-order valence-corrected chi connectivity index (χ2v) is 9.47. The predicted molar refractivity (Wildman–Crippen MR) is 117 cm³/mol. The van der Waals surface area contributed by atoms with E-state index in [1.54, 1.807) is 0 Å². The molecule has 1 aromatic heterocycles. The Hall–Kier alpha value is -1.29. The fraction of sp³-hybridized carbons (Fsp3) is 0.526. The van der Waals surface area contributed by atoms with Crippen LogP contribution in [0.15, 0.2) is 29.4 Å². The highest BCUT2D eigenvalue weighted by Crippen LogP contribution is 2.41. The number of piperidine rings is 1. The molecular formula is C19H24IN5OS. The lowest BCUT2D eigenvalue weighted by atomic mass is 10.00. The molecule has 1 aliphatic heterocycles. The number of para-hydroxylation sites is 1. The van der Waals surface area contributed by atoms with Crippen LogP contribution >= 0.6 is 34.4 Å². The van der Waals surface area contributed by atoms with Crippen molar-refractivity contribution in [3.8, 4) is 0 Å². The summed E-state index contributed by atoms with van der Waals surface area (Å²) in [6, 6.07) is 8.30. The van der Waals surface area contributed by atoms with Crippen molar-refractivity contribution in [3.63, 3.8) is 0 Å². The number of benzene rings is 1. The molecule has 6 nitrogen and oxygen atoms in total. The lowest BCUT2D eigenvalue weighted by Gasteiger charge is -2.31. The van der Waals surface area contributed by atoms with Crippen molar-refractivity contribution in [1.29, 1.82) is 0 Å². The first-order valence-electron chi connectivity index (χ1n) is 9.49. The maximum Gasteiger partial charge on any atom is 0.234 e. The zero-order valence-corrected chi connectivity index (χ0v) is 18.4. The van der Waals surface area contributed by atoms with Crippen molar-refractivity contribution in [1.82, 2.24) is 14.8 Å². The number of nitrogens with zero attached hydrogens (tertiary/aromatic N) is 4. The van der Waals surface area contributed by atoms with E-state index in [2.05, 4.69) is 54.5 Å². The van der Waals surface area contributed by atoms with Crippen molar-refractivity contribution < 1.29 is 4.79 Å². The van der Waals surface area contributed by atoms with Crippen LogP contribution in [0.2, 0.25) is 0 Å². The number of carbonyl (C=O) groups excluding carboxylic acids is 1. The van der Waals surface area contributed by atoms with Gasteiger partial charge in [-0.3, -0.25) is 9.36 Å². The van der Waals surface area contributed by atoms with Gasteiger partial charge in [-0.05, 0) is 66.3 Å². The molecule has 0 bridgehead atoms. The van der Waals surface area contributed by atoms with Crippen molar-refractivity contribution in [2.45, 2.75) is 43.8 Å². The Morgan fingerprint density at radius 2 is 1.96 bits per heavy atom. The standard InChI is InChI=1S/C19H24IN5OS/c1-13-8-10-24(11-9-13)18-22-23-19(25(18)14-6-7-14)27-12-17(26)21-16-5-3-2-4-15(16)20/h2-5,13-14H,6-12H2,1H3,(H,21,26). The Labute approximate surface area is 177 Å². The number of hydrogen-bond donors (Lipinski definition) is 1. The lowest BCUT2D eigenvalue weighted by molar-refractivity contribution is -0.113. The quantitative estimate of drug-likeness (QED) is 0.479. The molecule has 0 spiro atoms. The molecule has 4 rings (SSSR count). The van der Waals surface area contributed by atoms with Crippen LogP contribution in [-0.4, -0.2) is 39.5 Å². The summed E-state index contributed by atoms with van der Waals surface area (Å²) in [5, 5.41) is 12.8. The molecular weight excluding hydrogens is 473 g/mol. The van der Waals surface area contributed by atoms with Gasteiger partial charge in [-0.1, -0.05) is 30.8 Å². The normalized spacial score (nSPS) is 17.9. The first-order chi connectivity index (χ1) is 13.1. The highest BCUT2D eigenvalue weighted by molar-refractivity contribution is 14.1. The second kappa shape index (κ2) is 8.38. The number of carbonyl (C=O) groups is 1. The molecule has 2 heterocycles. The minimum atomic E-state index is -0.0113. The van der Waals surface area contributed by atoms with E-state index in [-0.39, 0.29) is 5.91 Å². The highest BCUT2D eigenvalue weighted by Gasteiger charge is 2.32. The Kier molecular flexibility index (Phi) is 5.91. The summed E-state index contributed by atoms with van der Waals surface area (Å²) in [6.45, 7) is 4.41. The largest absolute Gasteiger partial charge is 0.341 e. The number of aromatic nitrogens is 3. The Morgan fingerprint density at radius 1 is 1.22 bits per heavy atom. The van der Waals surface area contributed by atoms with Gasteiger partial charge in [-0.25, -0.2) is 0 Å². The van der Waals surface area contributed by atoms with E-state index in [9.17, 15) is 4.79 Å². The van der Waals surface area contributed by atoms with E-state index < -0.39 is 0 Å². The number of anilines is 2. The molecule has 0 atom stereocenters. The number of rotatable bonds is 6. The maximum absolute atomic E-state index is 12.4. The van der Waals surface area contributed by atoms with Gasteiger partial charge in [0.25, 0.3) is 0 Å². The molecule has 1 N–H and O–H groups in total. The Bertz CT molecular complexity index is 814. The van der Waals surface area contributed by atoms with Gasteiger partial charge in [0.1, 0.15) is 0 Å². The van der Waals surface area contributed by atoms with E-state index in [0.717, 1.165) is 39.4 Å². The van der Waals surface area contributed by atoms with Crippen LogP contribution in [0.5, 0.6) is 0 Å². The minimum Gasteiger partial charge on any atom is -0.341 e. The van der Waals surface area contributed by atoms with Gasteiger partial charge < -0.3 is 10.2 Å². The fourth-order valence-electron chi connectivity index (χ4n) is 3.32. The van der Waals surface area contributed by atoms with Crippen molar-refractivity contribution >= 4 is 51.9 Å². The SMILES string of the molecule is CC1CCN(c2nnc(SCC(=O)Nc3ccccc3I)n2C2CC2)CC1. The number of thioether (sulfide) groups is 1. The van der Waals surface area contributed by atoms with E-state index in [0.29, 0.717) is 11.8 Å². The first-order valence-corrected chi connectivity index (χ1v) is 11.6. The van der Waals surface area contributed by atoms with E-state index in [1.807, 2.05) is 24.3 Å². The molecule has 2 aromatic rings. The summed E-state index contributed by atoms with van der Waals surface area (Å²) >= 11 is 3.71. The van der Waals surface area contributed by atoms with Crippen LogP contribution in [0, 0.1) is 9.49 Å². The highest BCUT2D eigenvalue weighted by atomic mass is 127. The minimum absolute atomic E-state index is 0.0113. The van der Waals surface area contributed by atoms with Crippen molar-refractivity contribution in [2.24, 2.45) is 5.92 Å². The number of hydrogen-bond acceptors (Lipinski definition) is 5. The van der Waals surface area contributed by atoms with E-state index in [1.165, 1.54) is 37.4 Å². The second-order valence-electron chi connectivity index (χ2n) is 7.37. The third-order valence-electron chi connectivity index (χ3n) is 5.11. The summed E-state index contributed by atoms with van der Waals surface area (Å²) in [7, 11) is 0. The van der Waals surface area contributed by atoms with E-state index in [4.69, 9.17) is 0 Å². The fourth-order valence-corrected chi connectivity index (χ4v) is 4.65. The zero-order valence-electron chi connectivity index (χ0n) is 15.4. The molecule has 1 amide bonds. The summed E-state index contributed by atoms with van der Waals surface area (Å²) in [5.74, 6) is 2.11. The van der Waals surface area contributed by atoms with E-state index >= 15 is 0 Å². The third kappa shape index (κ3) is 4.59. The molecule has 0 radical (unpaired) electrons. The molecule has 1 aromatic carbocycles. The summed E-state index contributed by atoms with van der Waals surface area (Å²) in [4.78, 5) is 14.7. The smallest absolute Gasteiger partial charge is 0.234 e. The van der Waals surface area contributed by atoms with Gasteiger partial charge in [0.05, 0.1) is 11.4 Å². The van der Waals surface area contributed by atoms with Crippen molar-refractivity contribution in [3.05, 3.63) is 27.8 Å². The topological polar surface area (TPSA) is 63.1 Å². The van der Waals surface area contributed by atoms with Gasteiger partial charge in [0.15, 0.2) is 5.16 Å².